The molecule has 0 radical (unpaired) electrons. The molecule has 12 amide bonds. The topological polar surface area (TPSA) is 437 Å². The van der Waals surface area contributed by atoms with E-state index in [0.29, 0.717) is 24.3 Å². The molecule has 26 nitrogen and oxygen atoms in total. The van der Waals surface area contributed by atoms with Gasteiger partial charge in [0.2, 0.25) is 70.9 Å². The van der Waals surface area contributed by atoms with E-state index in [9.17, 15) is 67.7 Å². The van der Waals surface area contributed by atoms with E-state index in [-0.39, 0.29) is 38.0 Å². The maximum absolute atomic E-state index is 14.3. The van der Waals surface area contributed by atoms with E-state index in [1.54, 1.807) is 0 Å². The second-order valence-electron chi connectivity index (χ2n) is 19.2. The fourth-order valence-corrected chi connectivity index (χ4v) is 8.56. The zero-order valence-corrected chi connectivity index (χ0v) is 42.0. The zero-order chi connectivity index (χ0) is 55.1. The summed E-state index contributed by atoms with van der Waals surface area (Å²) in [6.45, 7) is 3.19. The van der Waals surface area contributed by atoms with Crippen LogP contribution in [-0.4, -0.2) is 147 Å². The minimum atomic E-state index is -1.86. The largest absolute Gasteiger partial charge is 0.508 e. The van der Waals surface area contributed by atoms with Crippen LogP contribution in [0.2, 0.25) is 0 Å². The van der Waals surface area contributed by atoms with Crippen molar-refractivity contribution in [2.24, 2.45) is 28.9 Å². The van der Waals surface area contributed by atoms with Crippen LogP contribution in [0.1, 0.15) is 122 Å². The minimum absolute atomic E-state index is 0.00252. The Morgan fingerprint density at radius 3 is 1.59 bits per heavy atom. The van der Waals surface area contributed by atoms with Crippen molar-refractivity contribution in [1.29, 1.82) is 0 Å². The summed E-state index contributed by atoms with van der Waals surface area (Å²) in [5, 5.41) is 37.2. The van der Waals surface area contributed by atoms with Crippen LogP contribution >= 0.6 is 0 Å². The van der Waals surface area contributed by atoms with Crippen LogP contribution in [-0.2, 0) is 64.0 Å². The molecule has 8 atom stereocenters. The number of aliphatic hydroxyl groups is 1. The van der Waals surface area contributed by atoms with Crippen LogP contribution in [0.3, 0.4) is 0 Å². The number of nitrogens with two attached hydrogens (primary N) is 4. The summed E-state index contributed by atoms with van der Waals surface area (Å²) in [7, 11) is 0. The van der Waals surface area contributed by atoms with Gasteiger partial charge in [0.15, 0.2) is 0 Å². The van der Waals surface area contributed by atoms with E-state index in [0.717, 1.165) is 37.0 Å². The molecular weight excluding hydrogens is 969 g/mol. The molecule has 1 aromatic carbocycles. The zero-order valence-electron chi connectivity index (χ0n) is 42.0. The number of aromatic hydroxyl groups is 1. The Morgan fingerprint density at radius 1 is 0.581 bits per heavy atom. The molecule has 2 fully saturated rings. The molecule has 3 rings (SSSR count). The van der Waals surface area contributed by atoms with Gasteiger partial charge in [0.1, 0.15) is 48.0 Å². The molecule has 2 aliphatic rings. The van der Waals surface area contributed by atoms with Gasteiger partial charge in [0, 0.05) is 31.8 Å². The number of nitrogens with zero attached hydrogens (tertiary/aromatic N) is 1. The quantitative estimate of drug-likeness (QED) is 0.0529. The molecule has 2 heterocycles. The Kier molecular flexibility index (Phi) is 25.2. The number of aliphatic hydroxyl groups excluding tert-OH is 1. The van der Waals surface area contributed by atoms with Crippen LogP contribution < -0.4 is 60.2 Å². The number of hydrogen-bond donors (Lipinski definition) is 13. The lowest BCUT2D eigenvalue weighted by atomic mass is 10.0. The highest BCUT2D eigenvalue weighted by Gasteiger charge is 2.41. The maximum Gasteiger partial charge on any atom is 0.245 e. The lowest BCUT2D eigenvalue weighted by Gasteiger charge is -2.31. The molecule has 410 valence electrons. The second-order valence-corrected chi connectivity index (χ2v) is 19.2. The van der Waals surface area contributed by atoms with Crippen molar-refractivity contribution in [2.45, 2.75) is 171 Å². The predicted molar refractivity (Wildman–Crippen MR) is 263 cm³/mol. The summed E-state index contributed by atoms with van der Waals surface area (Å²) in [5.74, 6) is -12.0. The number of hydrogen-bond acceptors (Lipinski definition) is 14. The molecule has 0 bridgehead atoms. The molecule has 2 aliphatic heterocycles. The molecule has 74 heavy (non-hydrogen) atoms. The van der Waals surface area contributed by atoms with Crippen molar-refractivity contribution in [2.75, 3.05) is 13.2 Å². The first-order chi connectivity index (χ1) is 35.0. The van der Waals surface area contributed by atoms with Gasteiger partial charge in [0.25, 0.3) is 0 Å². The van der Waals surface area contributed by atoms with Gasteiger partial charge >= 0.3 is 0 Å². The number of carbonyl (C=O) groups excluding carboxylic acids is 12. The highest BCUT2D eigenvalue weighted by Crippen LogP contribution is 2.21. The molecule has 1 aromatic rings. The monoisotopic (exact) mass is 1040 g/mol. The number of unbranched alkanes of at least 4 members (excludes halogenated alkanes) is 5. The minimum Gasteiger partial charge on any atom is -0.508 e. The number of phenols is 1. The van der Waals surface area contributed by atoms with Crippen LogP contribution in [0.25, 0.3) is 0 Å². The number of phenolic OH excluding ortho intramolecular Hbond substituents is 1. The first kappa shape index (κ1) is 60.9. The molecular formula is C48H74N12O14. The highest BCUT2D eigenvalue weighted by atomic mass is 16.3. The van der Waals surface area contributed by atoms with E-state index in [4.69, 9.17) is 22.9 Å². The SMILES string of the molecule is CC(C)CCCCCCCCC1CC(=O)N[C@@H](CC(N)=O)C(=O)N[C@H](Cc2ccc(O)cc2)C(=O)N[C@H](CC(N)=O)C(=O)N[C@@H](CCC(N)=O)C(=O)N2CCC[C@H]2C(=O)N[C@H](CC(N)=O)C(=O)N[C@@H](CO)C(=O)N1. The Bertz CT molecular complexity index is 2180. The Morgan fingerprint density at radius 2 is 1.05 bits per heavy atom. The average Bonchev–Trinajstić information content (AvgIpc) is 3.82. The predicted octanol–water partition coefficient (Wildman–Crippen LogP) is -3.62. The molecule has 0 aliphatic carbocycles. The first-order valence-electron chi connectivity index (χ1n) is 24.9. The summed E-state index contributed by atoms with van der Waals surface area (Å²) < 4.78 is 0. The van der Waals surface area contributed by atoms with Crippen molar-refractivity contribution in [3.05, 3.63) is 29.8 Å². The average molecular weight is 1040 g/mol. The number of fused-ring (bicyclic) bond motifs is 1. The Labute approximate surface area is 428 Å². The van der Waals surface area contributed by atoms with E-state index in [2.05, 4.69) is 51.1 Å². The first-order valence-corrected chi connectivity index (χ1v) is 24.9. The third kappa shape index (κ3) is 21.4. The summed E-state index contributed by atoms with van der Waals surface area (Å²) >= 11 is 0. The van der Waals surface area contributed by atoms with E-state index in [1.165, 1.54) is 24.3 Å². The second kappa shape index (κ2) is 30.6. The van der Waals surface area contributed by atoms with Crippen molar-refractivity contribution in [1.82, 2.24) is 42.1 Å². The Hall–Kier alpha value is -7.38. The maximum atomic E-state index is 14.3. The lowest BCUT2D eigenvalue weighted by molar-refractivity contribution is -0.143. The number of benzene rings is 1. The van der Waals surface area contributed by atoms with E-state index < -0.39 is 164 Å². The van der Waals surface area contributed by atoms with Crippen LogP contribution in [0, 0.1) is 5.92 Å². The van der Waals surface area contributed by atoms with Gasteiger partial charge in [-0.2, -0.15) is 0 Å². The Balaban J connectivity index is 2.13. The summed E-state index contributed by atoms with van der Waals surface area (Å²) in [6.07, 6.45) is 2.21. The van der Waals surface area contributed by atoms with Crippen LogP contribution in [0.4, 0.5) is 0 Å². The lowest BCUT2D eigenvalue weighted by Crippen LogP contribution is -2.60. The number of primary amides is 4. The summed E-state index contributed by atoms with van der Waals surface area (Å²) in [6, 6.07) is -7.36. The van der Waals surface area contributed by atoms with Crippen molar-refractivity contribution >= 4 is 70.9 Å². The van der Waals surface area contributed by atoms with Crippen LogP contribution in [0.15, 0.2) is 24.3 Å². The van der Waals surface area contributed by atoms with Gasteiger partial charge in [-0.3, -0.25) is 57.5 Å². The molecule has 0 saturated carbocycles. The number of amides is 12. The highest BCUT2D eigenvalue weighted by molar-refractivity contribution is 6.00. The number of carbonyl (C=O) groups is 12. The van der Waals surface area contributed by atoms with E-state index in [1.807, 2.05) is 0 Å². The van der Waals surface area contributed by atoms with Gasteiger partial charge in [-0.05, 0) is 49.3 Å². The molecule has 0 aromatic heterocycles. The fourth-order valence-electron chi connectivity index (χ4n) is 8.56. The van der Waals surface area contributed by atoms with Crippen LogP contribution in [0.5, 0.6) is 5.75 Å². The van der Waals surface area contributed by atoms with E-state index >= 15 is 0 Å². The van der Waals surface area contributed by atoms with Gasteiger partial charge in [-0.15, -0.1) is 0 Å². The van der Waals surface area contributed by atoms with Gasteiger partial charge in [0.05, 0.1) is 25.9 Å². The standard InChI is InChI=1S/C48H74N12O14/c1-26(2)10-7-5-3-4-6-8-11-28-21-41(67)54-32(22-38(50)64)43(69)56-31(20-27-13-15-29(62)16-14-27)42(68)57-33(23-39(51)65)44(70)55-30(17-18-37(49)63)48(74)60-19-9-12-36(60)47(73)58-34(24-40(52)66)45(71)59-35(25-61)46(72)53-28/h13-16,26,28,30-36,61-62H,3-12,17-25H2,1-2H3,(H2,49,63)(H2,50,64)(H2,51,65)(H2,52,66)(H,53,72)(H,54,67)(H,55,70)(H,56,69)(H,57,68)(H,58,73)(H,59,71)/t28?,30-,31+,32-,33+,34+,35-,36-/m0/s1. The smallest absolute Gasteiger partial charge is 0.245 e. The molecule has 2 saturated heterocycles. The van der Waals surface area contributed by atoms with Crippen molar-refractivity contribution in [3.63, 3.8) is 0 Å². The number of rotatable bonds is 21. The van der Waals surface area contributed by atoms with Crippen molar-refractivity contribution < 1.29 is 67.7 Å². The third-order valence-electron chi connectivity index (χ3n) is 12.5. The fraction of sp³-hybridized carbons (Fsp3) is 0.625. The third-order valence-corrected chi connectivity index (χ3v) is 12.5. The van der Waals surface area contributed by atoms with Crippen molar-refractivity contribution in [3.8, 4) is 5.75 Å². The summed E-state index contributed by atoms with van der Waals surface area (Å²) in [5.41, 5.74) is 22.2. The molecule has 0 spiro atoms. The summed E-state index contributed by atoms with van der Waals surface area (Å²) in [4.78, 5) is 162. The normalized spacial score (nSPS) is 24.1. The van der Waals surface area contributed by atoms with Gasteiger partial charge in [-0.25, -0.2) is 0 Å². The molecule has 17 N–H and O–H groups in total. The molecule has 26 heteroatoms. The number of nitrogens with one attached hydrogen (secondary N) is 7. The van der Waals surface area contributed by atoms with Gasteiger partial charge in [-0.1, -0.05) is 70.9 Å². The van der Waals surface area contributed by atoms with Gasteiger partial charge < -0.3 is 75.3 Å². The molecule has 1 unspecified atom stereocenters.